The van der Waals surface area contributed by atoms with Gasteiger partial charge in [0.1, 0.15) is 22.8 Å². The second-order valence-electron chi connectivity index (χ2n) is 4.15. The summed E-state index contributed by atoms with van der Waals surface area (Å²) in [6.07, 6.45) is 1.64. The zero-order valence-corrected chi connectivity index (χ0v) is 11.7. The molecule has 0 radical (unpaired) electrons. The molecule has 20 heavy (non-hydrogen) atoms. The van der Waals surface area contributed by atoms with E-state index in [-0.39, 0.29) is 0 Å². The van der Waals surface area contributed by atoms with E-state index >= 15 is 0 Å². The molecule has 0 spiro atoms. The first-order chi connectivity index (χ1) is 9.72. The topological polar surface area (TPSA) is 60.0 Å². The highest BCUT2D eigenvalue weighted by Gasteiger charge is 2.13. The molecule has 0 saturated heterocycles. The van der Waals surface area contributed by atoms with Crippen LogP contribution in [0.25, 0.3) is 22.4 Å². The van der Waals surface area contributed by atoms with Crippen LogP contribution in [0.3, 0.4) is 0 Å². The van der Waals surface area contributed by atoms with Crippen LogP contribution in [0.4, 0.5) is 0 Å². The maximum Gasteiger partial charge on any atom is 0.156 e. The van der Waals surface area contributed by atoms with Gasteiger partial charge in [-0.1, -0.05) is 11.6 Å². The van der Waals surface area contributed by atoms with Gasteiger partial charge in [0.25, 0.3) is 0 Å². The molecule has 3 rings (SSSR count). The predicted molar refractivity (Wildman–Crippen MR) is 77.4 cm³/mol. The Hall–Kier alpha value is -2.27. The smallest absolute Gasteiger partial charge is 0.156 e. The summed E-state index contributed by atoms with van der Waals surface area (Å²) in [5, 5.41) is 0.373. The van der Waals surface area contributed by atoms with E-state index < -0.39 is 0 Å². The van der Waals surface area contributed by atoms with Crippen LogP contribution in [-0.4, -0.2) is 29.2 Å². The molecule has 5 nitrogen and oxygen atoms in total. The van der Waals surface area contributed by atoms with Gasteiger partial charge in [0, 0.05) is 12.3 Å². The number of halogens is 1. The molecule has 2 heterocycles. The third-order valence-corrected chi connectivity index (χ3v) is 3.30. The average Bonchev–Trinajstić information content (AvgIpc) is 2.92. The average molecular weight is 290 g/mol. The molecular formula is C14H12ClN3O2. The molecule has 0 bridgehead atoms. The van der Waals surface area contributed by atoms with Crippen molar-refractivity contribution in [3.05, 3.63) is 35.6 Å². The molecule has 3 aromatic rings. The number of nitrogens with zero attached hydrogens (tertiary/aromatic N) is 2. The van der Waals surface area contributed by atoms with E-state index in [1.807, 2.05) is 24.3 Å². The Labute approximate surface area is 120 Å². The number of pyridine rings is 1. The fraction of sp³-hybridized carbons (Fsp3) is 0.143. The van der Waals surface area contributed by atoms with Crippen molar-refractivity contribution in [1.29, 1.82) is 0 Å². The van der Waals surface area contributed by atoms with E-state index in [1.54, 1.807) is 20.4 Å². The van der Waals surface area contributed by atoms with Gasteiger partial charge in [-0.2, -0.15) is 0 Å². The Morgan fingerprint density at radius 3 is 2.70 bits per heavy atom. The Kier molecular flexibility index (Phi) is 3.20. The second-order valence-corrected chi connectivity index (χ2v) is 4.51. The number of benzene rings is 1. The van der Waals surface area contributed by atoms with Gasteiger partial charge < -0.3 is 14.5 Å². The molecule has 0 fully saturated rings. The van der Waals surface area contributed by atoms with E-state index in [0.717, 1.165) is 16.8 Å². The standard InChI is InChI=1S/C14H12ClN3O2/c1-19-8-3-4-9(11(7-8)20-2)14-17-10-5-6-16-13(15)12(10)18-14/h3-7H,1-2H3,(H,17,18). The first-order valence-corrected chi connectivity index (χ1v) is 6.33. The van der Waals surface area contributed by atoms with Crippen LogP contribution in [-0.2, 0) is 0 Å². The molecule has 1 N–H and O–H groups in total. The number of rotatable bonds is 3. The molecule has 102 valence electrons. The van der Waals surface area contributed by atoms with E-state index in [0.29, 0.717) is 22.2 Å². The third kappa shape index (κ3) is 2.06. The van der Waals surface area contributed by atoms with Crippen LogP contribution in [0.15, 0.2) is 30.5 Å². The minimum atomic E-state index is 0.373. The maximum atomic E-state index is 6.03. The summed E-state index contributed by atoms with van der Waals surface area (Å²) in [6.45, 7) is 0. The Bertz CT molecular complexity index is 770. The number of ether oxygens (including phenoxy) is 2. The van der Waals surface area contributed by atoms with Crippen LogP contribution in [0.1, 0.15) is 0 Å². The summed E-state index contributed by atoms with van der Waals surface area (Å²) < 4.78 is 10.6. The number of hydrogen-bond donors (Lipinski definition) is 1. The van der Waals surface area contributed by atoms with Crippen molar-refractivity contribution in [2.75, 3.05) is 14.2 Å². The molecule has 0 saturated carbocycles. The zero-order valence-electron chi connectivity index (χ0n) is 11.0. The van der Waals surface area contributed by atoms with Gasteiger partial charge in [-0.25, -0.2) is 9.97 Å². The van der Waals surface area contributed by atoms with Gasteiger partial charge in [-0.05, 0) is 18.2 Å². The highest BCUT2D eigenvalue weighted by atomic mass is 35.5. The lowest BCUT2D eigenvalue weighted by molar-refractivity contribution is 0.395. The molecule has 1 aromatic carbocycles. The van der Waals surface area contributed by atoms with Gasteiger partial charge in [-0.15, -0.1) is 0 Å². The molecule has 0 aliphatic rings. The van der Waals surface area contributed by atoms with Crippen LogP contribution < -0.4 is 9.47 Å². The number of aromatic amines is 1. The van der Waals surface area contributed by atoms with Gasteiger partial charge in [0.2, 0.25) is 0 Å². The van der Waals surface area contributed by atoms with Crippen molar-refractivity contribution < 1.29 is 9.47 Å². The van der Waals surface area contributed by atoms with Crippen molar-refractivity contribution in [2.45, 2.75) is 0 Å². The summed E-state index contributed by atoms with van der Waals surface area (Å²) in [7, 11) is 3.22. The highest BCUT2D eigenvalue weighted by Crippen LogP contribution is 2.33. The van der Waals surface area contributed by atoms with Gasteiger partial charge >= 0.3 is 0 Å². The van der Waals surface area contributed by atoms with Crippen LogP contribution in [0.2, 0.25) is 5.15 Å². The van der Waals surface area contributed by atoms with Crippen molar-refractivity contribution in [1.82, 2.24) is 15.0 Å². The van der Waals surface area contributed by atoms with Crippen molar-refractivity contribution >= 4 is 22.6 Å². The van der Waals surface area contributed by atoms with E-state index in [2.05, 4.69) is 15.0 Å². The Balaban J connectivity index is 2.17. The van der Waals surface area contributed by atoms with E-state index in [1.165, 1.54) is 0 Å². The normalized spacial score (nSPS) is 10.8. The first kappa shape index (κ1) is 12.7. The summed E-state index contributed by atoms with van der Waals surface area (Å²) in [5.74, 6) is 2.07. The number of methoxy groups -OCH3 is 2. The Morgan fingerprint density at radius 1 is 1.15 bits per heavy atom. The largest absolute Gasteiger partial charge is 0.497 e. The quantitative estimate of drug-likeness (QED) is 0.752. The lowest BCUT2D eigenvalue weighted by Gasteiger charge is -2.08. The van der Waals surface area contributed by atoms with Gasteiger partial charge in [-0.3, -0.25) is 0 Å². The summed E-state index contributed by atoms with van der Waals surface area (Å²) in [6, 6.07) is 7.37. The SMILES string of the molecule is COc1ccc(-c2nc3c(Cl)nccc3[nH]2)c(OC)c1. The number of H-pyrrole nitrogens is 1. The molecule has 0 atom stereocenters. The van der Waals surface area contributed by atoms with Crippen LogP contribution >= 0.6 is 11.6 Å². The minimum Gasteiger partial charge on any atom is -0.497 e. The molecule has 2 aromatic heterocycles. The molecule has 0 aliphatic heterocycles. The fourth-order valence-corrected chi connectivity index (χ4v) is 2.23. The van der Waals surface area contributed by atoms with E-state index in [9.17, 15) is 0 Å². The maximum absolute atomic E-state index is 6.03. The number of imidazole rings is 1. The number of aromatic nitrogens is 3. The van der Waals surface area contributed by atoms with Crippen molar-refractivity contribution in [3.63, 3.8) is 0 Å². The molecule has 0 unspecified atom stereocenters. The molecule has 6 heteroatoms. The molecular weight excluding hydrogens is 278 g/mol. The molecule has 0 amide bonds. The highest BCUT2D eigenvalue weighted by molar-refractivity contribution is 6.33. The minimum absolute atomic E-state index is 0.373. The third-order valence-electron chi connectivity index (χ3n) is 3.02. The van der Waals surface area contributed by atoms with Gasteiger partial charge in [0.15, 0.2) is 5.15 Å². The zero-order chi connectivity index (χ0) is 14.1. The second kappa shape index (κ2) is 5.02. The van der Waals surface area contributed by atoms with Gasteiger partial charge in [0.05, 0.1) is 25.3 Å². The number of hydrogen-bond acceptors (Lipinski definition) is 4. The number of nitrogens with one attached hydrogen (secondary N) is 1. The fourth-order valence-electron chi connectivity index (χ4n) is 2.02. The lowest BCUT2D eigenvalue weighted by Crippen LogP contribution is -1.91. The summed E-state index contributed by atoms with van der Waals surface area (Å²) in [4.78, 5) is 11.7. The first-order valence-electron chi connectivity index (χ1n) is 5.95. The molecule has 0 aliphatic carbocycles. The summed E-state index contributed by atoms with van der Waals surface area (Å²) in [5.41, 5.74) is 2.31. The Morgan fingerprint density at radius 2 is 2.00 bits per heavy atom. The number of fused-ring (bicyclic) bond motifs is 1. The van der Waals surface area contributed by atoms with Crippen LogP contribution in [0.5, 0.6) is 11.5 Å². The monoisotopic (exact) mass is 289 g/mol. The summed E-state index contributed by atoms with van der Waals surface area (Å²) >= 11 is 6.03. The predicted octanol–water partition coefficient (Wildman–Crippen LogP) is 3.30. The van der Waals surface area contributed by atoms with Crippen molar-refractivity contribution in [3.8, 4) is 22.9 Å². The van der Waals surface area contributed by atoms with Crippen molar-refractivity contribution in [2.24, 2.45) is 0 Å². The van der Waals surface area contributed by atoms with Crippen LogP contribution in [0, 0.1) is 0 Å². The van der Waals surface area contributed by atoms with E-state index in [4.69, 9.17) is 21.1 Å². The lowest BCUT2D eigenvalue weighted by atomic mass is 10.2.